The van der Waals surface area contributed by atoms with Crippen molar-refractivity contribution < 1.29 is 44.8 Å². The minimum atomic E-state index is -1.59. The van der Waals surface area contributed by atoms with Gasteiger partial charge in [-0.2, -0.15) is 0 Å². The van der Waals surface area contributed by atoms with Gasteiger partial charge in [0.25, 0.3) is 0 Å². The maximum absolute atomic E-state index is 10.2. The first-order valence-electron chi connectivity index (χ1n) is 8.67. The zero-order valence-electron chi connectivity index (χ0n) is 15.6. The van der Waals surface area contributed by atoms with E-state index in [9.17, 15) is 30.6 Å². The molecule has 0 amide bonds. The van der Waals surface area contributed by atoms with Crippen LogP contribution in [0.1, 0.15) is 25.8 Å². The summed E-state index contributed by atoms with van der Waals surface area (Å²) in [6, 6.07) is 3.04. The number of aromatic hydroxyl groups is 1. The lowest BCUT2D eigenvalue weighted by atomic mass is 9.98. The van der Waals surface area contributed by atoms with Gasteiger partial charge in [0.15, 0.2) is 11.5 Å². The number of rotatable bonds is 7. The number of phenols is 1. The van der Waals surface area contributed by atoms with E-state index in [1.807, 2.05) is 0 Å². The Balaban J connectivity index is 2.26. The first-order valence-corrected chi connectivity index (χ1v) is 8.67. The van der Waals surface area contributed by atoms with E-state index in [1.165, 1.54) is 13.2 Å². The minimum Gasteiger partial charge on any atom is -0.504 e. The number of aliphatic hydroxyl groups excluding tert-OH is 4. The Bertz CT molecular complexity index is 626. The van der Waals surface area contributed by atoms with Crippen molar-refractivity contribution in [1.82, 2.24) is 0 Å². The largest absolute Gasteiger partial charge is 0.504 e. The molecule has 0 aliphatic carbocycles. The third-order valence-electron chi connectivity index (χ3n) is 4.42. The Labute approximate surface area is 157 Å². The number of benzene rings is 1. The molecular formula is C18H28O9. The molecule has 5 unspecified atom stereocenters. The molecule has 1 saturated heterocycles. The third-order valence-corrected chi connectivity index (χ3v) is 4.42. The van der Waals surface area contributed by atoms with Crippen molar-refractivity contribution in [3.8, 4) is 17.2 Å². The van der Waals surface area contributed by atoms with Crippen LogP contribution in [0.3, 0.4) is 0 Å². The van der Waals surface area contributed by atoms with Crippen LogP contribution in [0.5, 0.6) is 17.2 Å². The number of aryl methyl sites for hydroxylation is 1. The fourth-order valence-corrected chi connectivity index (χ4v) is 2.82. The number of aliphatic hydroxyl groups is 5. The monoisotopic (exact) mass is 388 g/mol. The van der Waals surface area contributed by atoms with Crippen molar-refractivity contribution >= 4 is 0 Å². The lowest BCUT2D eigenvalue weighted by Gasteiger charge is -2.39. The molecule has 6 N–H and O–H groups in total. The van der Waals surface area contributed by atoms with E-state index in [4.69, 9.17) is 14.2 Å². The van der Waals surface area contributed by atoms with Gasteiger partial charge in [0, 0.05) is 0 Å². The second-order valence-electron chi connectivity index (χ2n) is 7.27. The van der Waals surface area contributed by atoms with Crippen molar-refractivity contribution in [3.63, 3.8) is 0 Å². The number of phenolic OH excluding ortho intramolecular Hbond substituents is 1. The van der Waals surface area contributed by atoms with Crippen molar-refractivity contribution in [2.75, 3.05) is 13.7 Å². The summed E-state index contributed by atoms with van der Waals surface area (Å²) in [7, 11) is 1.33. The molecule has 0 aromatic heterocycles. The molecule has 0 saturated carbocycles. The van der Waals surface area contributed by atoms with E-state index in [0.717, 1.165) is 0 Å². The Morgan fingerprint density at radius 2 is 1.78 bits per heavy atom. The molecule has 9 heteroatoms. The van der Waals surface area contributed by atoms with Crippen LogP contribution in [0.4, 0.5) is 0 Å². The van der Waals surface area contributed by atoms with Gasteiger partial charge in [0.05, 0.1) is 19.3 Å². The Hall–Kier alpha value is -1.62. The van der Waals surface area contributed by atoms with Gasteiger partial charge >= 0.3 is 0 Å². The molecule has 5 atom stereocenters. The van der Waals surface area contributed by atoms with Gasteiger partial charge in [-0.05, 0) is 44.4 Å². The average Bonchev–Trinajstić information content (AvgIpc) is 2.59. The molecule has 0 radical (unpaired) electrons. The number of ether oxygens (including phenoxy) is 3. The second-order valence-corrected chi connectivity index (χ2v) is 7.27. The summed E-state index contributed by atoms with van der Waals surface area (Å²) in [5.41, 5.74) is -0.247. The normalized spacial score (nSPS) is 28.8. The molecule has 1 aliphatic heterocycles. The Morgan fingerprint density at radius 3 is 2.33 bits per heavy atom. The zero-order chi connectivity index (χ0) is 20.4. The van der Waals surface area contributed by atoms with Gasteiger partial charge in [0.1, 0.15) is 24.4 Å². The van der Waals surface area contributed by atoms with Crippen LogP contribution < -0.4 is 9.47 Å². The van der Waals surface area contributed by atoms with Gasteiger partial charge in [-0.15, -0.1) is 0 Å². The summed E-state index contributed by atoms with van der Waals surface area (Å²) in [6.07, 6.45) is -6.33. The highest BCUT2D eigenvalue weighted by Crippen LogP contribution is 2.39. The smallest absolute Gasteiger partial charge is 0.229 e. The van der Waals surface area contributed by atoms with Gasteiger partial charge in [-0.1, -0.05) is 0 Å². The van der Waals surface area contributed by atoms with Crippen LogP contribution in [-0.2, 0) is 11.2 Å². The van der Waals surface area contributed by atoms with E-state index in [1.54, 1.807) is 19.9 Å². The van der Waals surface area contributed by atoms with Crippen LogP contribution in [0.25, 0.3) is 0 Å². The van der Waals surface area contributed by atoms with Crippen molar-refractivity contribution in [2.45, 2.75) is 63.0 Å². The molecule has 1 aromatic carbocycles. The molecule has 0 spiro atoms. The third kappa shape index (κ3) is 5.22. The predicted octanol–water partition coefficient (Wildman–Crippen LogP) is -0.717. The standard InChI is InChI=1S/C18H28O9/c1-18(2,24)5-4-9-6-10(20)16(25-3)11(7-9)26-17-15(23)14(22)13(21)12(8-19)27-17/h6-7,12-15,17,19-24H,4-5,8H2,1-3H3. The highest BCUT2D eigenvalue weighted by molar-refractivity contribution is 5.53. The summed E-state index contributed by atoms with van der Waals surface area (Å²) in [5, 5.41) is 59.2. The molecule has 1 aromatic rings. The highest BCUT2D eigenvalue weighted by atomic mass is 16.7. The highest BCUT2D eigenvalue weighted by Gasteiger charge is 2.45. The van der Waals surface area contributed by atoms with Gasteiger partial charge in [-0.3, -0.25) is 0 Å². The van der Waals surface area contributed by atoms with Crippen molar-refractivity contribution in [2.24, 2.45) is 0 Å². The topological polar surface area (TPSA) is 149 Å². The van der Waals surface area contributed by atoms with E-state index in [-0.39, 0.29) is 17.2 Å². The molecule has 2 rings (SSSR count). The molecule has 0 bridgehead atoms. The Morgan fingerprint density at radius 1 is 1.11 bits per heavy atom. The number of hydrogen-bond donors (Lipinski definition) is 6. The lowest BCUT2D eigenvalue weighted by molar-refractivity contribution is -0.277. The maximum Gasteiger partial charge on any atom is 0.229 e. The van der Waals surface area contributed by atoms with E-state index in [0.29, 0.717) is 18.4 Å². The predicted molar refractivity (Wildman–Crippen MR) is 93.7 cm³/mol. The molecule has 27 heavy (non-hydrogen) atoms. The van der Waals surface area contributed by atoms with Crippen LogP contribution in [0, 0.1) is 0 Å². The molecule has 154 valence electrons. The van der Waals surface area contributed by atoms with Crippen LogP contribution in [0.2, 0.25) is 0 Å². The lowest BCUT2D eigenvalue weighted by Crippen LogP contribution is -2.60. The fraction of sp³-hybridized carbons (Fsp3) is 0.667. The Kier molecular flexibility index (Phi) is 6.90. The van der Waals surface area contributed by atoms with Crippen molar-refractivity contribution in [1.29, 1.82) is 0 Å². The summed E-state index contributed by atoms with van der Waals surface area (Å²) in [6.45, 7) is 2.75. The molecule has 1 heterocycles. The quantitative estimate of drug-likeness (QED) is 0.356. The zero-order valence-corrected chi connectivity index (χ0v) is 15.6. The number of methoxy groups -OCH3 is 1. The summed E-state index contributed by atoms with van der Waals surface area (Å²) < 4.78 is 16.0. The van der Waals surface area contributed by atoms with Crippen LogP contribution in [0.15, 0.2) is 12.1 Å². The van der Waals surface area contributed by atoms with Crippen LogP contribution >= 0.6 is 0 Å². The molecule has 9 nitrogen and oxygen atoms in total. The molecular weight excluding hydrogens is 360 g/mol. The number of hydrogen-bond acceptors (Lipinski definition) is 9. The molecule has 1 aliphatic rings. The van der Waals surface area contributed by atoms with E-state index < -0.39 is 42.9 Å². The van der Waals surface area contributed by atoms with E-state index >= 15 is 0 Å². The van der Waals surface area contributed by atoms with Crippen LogP contribution in [-0.4, -0.2) is 80.7 Å². The summed E-state index contributed by atoms with van der Waals surface area (Å²) in [5.74, 6) is -0.156. The fourth-order valence-electron chi connectivity index (χ4n) is 2.82. The first-order chi connectivity index (χ1) is 12.6. The van der Waals surface area contributed by atoms with Gasteiger partial charge < -0.3 is 44.8 Å². The summed E-state index contributed by atoms with van der Waals surface area (Å²) >= 11 is 0. The maximum atomic E-state index is 10.2. The minimum absolute atomic E-state index is 0.000955. The van der Waals surface area contributed by atoms with Gasteiger partial charge in [0.2, 0.25) is 12.0 Å². The summed E-state index contributed by atoms with van der Waals surface area (Å²) in [4.78, 5) is 0. The average molecular weight is 388 g/mol. The molecule has 1 fully saturated rings. The van der Waals surface area contributed by atoms with Gasteiger partial charge in [-0.25, -0.2) is 0 Å². The van der Waals surface area contributed by atoms with E-state index in [2.05, 4.69) is 0 Å². The second kappa shape index (κ2) is 8.59. The SMILES string of the molecule is COc1c(O)cc(CCC(C)(C)O)cc1OC1OC(CO)C(O)C(O)C1O. The first kappa shape index (κ1) is 21.7. The van der Waals surface area contributed by atoms with Crippen molar-refractivity contribution in [3.05, 3.63) is 17.7 Å².